The molecule has 84 valence electrons. The number of hydrogen-bond donors (Lipinski definition) is 1. The van der Waals surface area contributed by atoms with Crippen LogP contribution in [0, 0.1) is 0 Å². The maximum absolute atomic E-state index is 5.51. The summed E-state index contributed by atoms with van der Waals surface area (Å²) >= 11 is 1.87. The van der Waals surface area contributed by atoms with Crippen molar-refractivity contribution in [2.24, 2.45) is 5.73 Å². The number of rotatable bonds is 6. The molecule has 5 nitrogen and oxygen atoms in total. The Labute approximate surface area is 93.8 Å². The second-order valence-corrected chi connectivity index (χ2v) is 5.40. The quantitative estimate of drug-likeness (QED) is 0.784. The van der Waals surface area contributed by atoms with Gasteiger partial charge >= 0.3 is 0 Å². The van der Waals surface area contributed by atoms with E-state index in [-0.39, 0.29) is 0 Å². The lowest BCUT2D eigenvalue weighted by atomic mass is 10.3. The summed E-state index contributed by atoms with van der Waals surface area (Å²) in [5, 5.41) is 12.4. The molecule has 0 radical (unpaired) electrons. The summed E-state index contributed by atoms with van der Waals surface area (Å²) in [5.74, 6) is 1.90. The molecule has 6 heteroatoms. The monoisotopic (exact) mass is 227 g/mol. The largest absolute Gasteiger partial charge is 0.330 e. The minimum absolute atomic E-state index is 0.570. The van der Waals surface area contributed by atoms with E-state index in [0.717, 1.165) is 24.5 Å². The standard InChI is InChI=1S/C9H17N5S/c1-7(4-5-10)15-6-9-11-12-13-14(9)8-2-3-8/h7-8H,2-6,10H2,1H3. The van der Waals surface area contributed by atoms with Gasteiger partial charge in [-0.05, 0) is 36.2 Å². The molecular formula is C9H17N5S. The minimum atomic E-state index is 0.570. The van der Waals surface area contributed by atoms with E-state index in [0.29, 0.717) is 11.3 Å². The number of aromatic nitrogens is 4. The SMILES string of the molecule is CC(CCN)SCc1nnnn1C1CC1. The van der Waals surface area contributed by atoms with Crippen LogP contribution < -0.4 is 5.73 Å². The molecule has 0 bridgehead atoms. The Kier molecular flexibility index (Phi) is 3.58. The van der Waals surface area contributed by atoms with Gasteiger partial charge in [0.05, 0.1) is 11.8 Å². The Hall–Kier alpha value is -0.620. The Balaban J connectivity index is 1.84. The topological polar surface area (TPSA) is 69.6 Å². The molecule has 1 aliphatic carbocycles. The molecule has 2 rings (SSSR count). The van der Waals surface area contributed by atoms with Crippen LogP contribution in [0.1, 0.15) is 38.1 Å². The molecule has 1 aromatic heterocycles. The molecule has 1 atom stereocenters. The van der Waals surface area contributed by atoms with Gasteiger partial charge in [-0.3, -0.25) is 0 Å². The summed E-state index contributed by atoms with van der Waals surface area (Å²) in [5.41, 5.74) is 5.51. The first-order valence-electron chi connectivity index (χ1n) is 5.39. The van der Waals surface area contributed by atoms with Crippen LogP contribution in [-0.2, 0) is 5.75 Å². The first-order chi connectivity index (χ1) is 7.31. The fourth-order valence-electron chi connectivity index (χ4n) is 1.44. The van der Waals surface area contributed by atoms with E-state index in [9.17, 15) is 0 Å². The fourth-order valence-corrected chi connectivity index (χ4v) is 2.37. The van der Waals surface area contributed by atoms with Crippen molar-refractivity contribution in [3.05, 3.63) is 5.82 Å². The molecule has 1 fully saturated rings. The predicted octanol–water partition coefficient (Wildman–Crippen LogP) is 0.978. The summed E-state index contributed by atoms with van der Waals surface area (Å²) in [6, 6.07) is 0.570. The van der Waals surface area contributed by atoms with Gasteiger partial charge in [0.15, 0.2) is 5.82 Å². The number of thioether (sulfide) groups is 1. The maximum atomic E-state index is 5.51. The first-order valence-corrected chi connectivity index (χ1v) is 6.44. The molecule has 2 N–H and O–H groups in total. The summed E-state index contributed by atoms with van der Waals surface area (Å²) in [7, 11) is 0. The average Bonchev–Trinajstić information content (AvgIpc) is 2.96. The van der Waals surface area contributed by atoms with E-state index in [1.807, 2.05) is 16.4 Å². The van der Waals surface area contributed by atoms with Crippen molar-refractivity contribution in [3.8, 4) is 0 Å². The van der Waals surface area contributed by atoms with Crippen molar-refractivity contribution < 1.29 is 0 Å². The maximum Gasteiger partial charge on any atom is 0.161 e. The third kappa shape index (κ3) is 2.92. The highest BCUT2D eigenvalue weighted by Crippen LogP contribution is 2.35. The van der Waals surface area contributed by atoms with E-state index in [4.69, 9.17) is 5.73 Å². The van der Waals surface area contributed by atoms with E-state index in [1.54, 1.807) is 0 Å². The fraction of sp³-hybridized carbons (Fsp3) is 0.889. The third-order valence-corrected chi connectivity index (χ3v) is 3.75. The molecule has 0 saturated heterocycles. The minimum Gasteiger partial charge on any atom is -0.330 e. The Bertz CT molecular complexity index is 309. The molecule has 15 heavy (non-hydrogen) atoms. The van der Waals surface area contributed by atoms with Gasteiger partial charge in [0, 0.05) is 5.25 Å². The van der Waals surface area contributed by atoms with Gasteiger partial charge in [0.2, 0.25) is 0 Å². The number of hydrogen-bond acceptors (Lipinski definition) is 5. The average molecular weight is 227 g/mol. The lowest BCUT2D eigenvalue weighted by Crippen LogP contribution is -2.09. The van der Waals surface area contributed by atoms with Gasteiger partial charge in [-0.25, -0.2) is 4.68 Å². The van der Waals surface area contributed by atoms with Crippen LogP contribution in [0.4, 0.5) is 0 Å². The molecular weight excluding hydrogens is 210 g/mol. The van der Waals surface area contributed by atoms with Crippen LogP contribution in [0.15, 0.2) is 0 Å². The molecule has 1 aromatic rings. The van der Waals surface area contributed by atoms with Crippen molar-refractivity contribution >= 4 is 11.8 Å². The summed E-state index contributed by atoms with van der Waals surface area (Å²) in [4.78, 5) is 0. The molecule has 1 unspecified atom stereocenters. The van der Waals surface area contributed by atoms with E-state index in [1.165, 1.54) is 12.8 Å². The van der Waals surface area contributed by atoms with Crippen LogP contribution in [-0.4, -0.2) is 32.0 Å². The molecule has 1 heterocycles. The van der Waals surface area contributed by atoms with E-state index >= 15 is 0 Å². The van der Waals surface area contributed by atoms with Crippen molar-refractivity contribution in [3.63, 3.8) is 0 Å². The van der Waals surface area contributed by atoms with Crippen molar-refractivity contribution in [2.75, 3.05) is 6.54 Å². The molecule has 0 amide bonds. The van der Waals surface area contributed by atoms with Gasteiger partial charge in [0.1, 0.15) is 0 Å². The van der Waals surface area contributed by atoms with Crippen LogP contribution >= 0.6 is 11.8 Å². The van der Waals surface area contributed by atoms with Crippen molar-refractivity contribution in [1.29, 1.82) is 0 Å². The summed E-state index contributed by atoms with van der Waals surface area (Å²) in [6.07, 6.45) is 3.50. The van der Waals surface area contributed by atoms with E-state index < -0.39 is 0 Å². The Morgan fingerprint density at radius 2 is 2.40 bits per heavy atom. The number of nitrogens with zero attached hydrogens (tertiary/aromatic N) is 4. The number of tetrazole rings is 1. The summed E-state index contributed by atoms with van der Waals surface area (Å²) in [6.45, 7) is 2.95. The molecule has 0 aromatic carbocycles. The molecule has 1 aliphatic rings. The van der Waals surface area contributed by atoms with Gasteiger partial charge in [0.25, 0.3) is 0 Å². The molecule has 0 spiro atoms. The lowest BCUT2D eigenvalue weighted by Gasteiger charge is -2.08. The van der Waals surface area contributed by atoms with Crippen LogP contribution in [0.5, 0.6) is 0 Å². The van der Waals surface area contributed by atoms with Gasteiger partial charge in [-0.2, -0.15) is 11.8 Å². The van der Waals surface area contributed by atoms with Crippen molar-refractivity contribution in [2.45, 2.75) is 43.2 Å². The highest BCUT2D eigenvalue weighted by Gasteiger charge is 2.27. The number of nitrogens with two attached hydrogens (primary N) is 1. The predicted molar refractivity (Wildman–Crippen MR) is 60.5 cm³/mol. The van der Waals surface area contributed by atoms with Crippen LogP contribution in [0.25, 0.3) is 0 Å². The van der Waals surface area contributed by atoms with E-state index in [2.05, 4.69) is 22.4 Å². The second kappa shape index (κ2) is 4.94. The zero-order valence-corrected chi connectivity index (χ0v) is 9.78. The highest BCUT2D eigenvalue weighted by molar-refractivity contribution is 7.99. The molecule has 0 aliphatic heterocycles. The lowest BCUT2D eigenvalue weighted by molar-refractivity contribution is 0.593. The summed E-state index contributed by atoms with van der Waals surface area (Å²) < 4.78 is 1.97. The molecule has 1 saturated carbocycles. The Morgan fingerprint density at radius 3 is 3.07 bits per heavy atom. The Morgan fingerprint density at radius 1 is 1.60 bits per heavy atom. The van der Waals surface area contributed by atoms with Crippen LogP contribution in [0.3, 0.4) is 0 Å². The van der Waals surface area contributed by atoms with Gasteiger partial charge in [-0.1, -0.05) is 6.92 Å². The zero-order chi connectivity index (χ0) is 10.7. The smallest absolute Gasteiger partial charge is 0.161 e. The normalized spacial score (nSPS) is 18.0. The highest BCUT2D eigenvalue weighted by atomic mass is 32.2. The zero-order valence-electron chi connectivity index (χ0n) is 8.96. The third-order valence-electron chi connectivity index (χ3n) is 2.52. The second-order valence-electron chi connectivity index (χ2n) is 3.97. The van der Waals surface area contributed by atoms with Gasteiger partial charge < -0.3 is 5.73 Å². The van der Waals surface area contributed by atoms with Gasteiger partial charge in [-0.15, -0.1) is 5.10 Å². The van der Waals surface area contributed by atoms with Crippen LogP contribution in [0.2, 0.25) is 0 Å². The van der Waals surface area contributed by atoms with Crippen molar-refractivity contribution in [1.82, 2.24) is 20.2 Å². The first kappa shape index (κ1) is 10.9.